The Morgan fingerprint density at radius 2 is 2.30 bits per heavy atom. The largest absolute Gasteiger partial charge is 0.260 e. The van der Waals surface area contributed by atoms with Crippen LogP contribution in [0, 0.1) is 0 Å². The number of hydrogen-bond donors (Lipinski definition) is 0. The van der Waals surface area contributed by atoms with E-state index in [1.165, 1.54) is 0 Å². The van der Waals surface area contributed by atoms with Crippen molar-refractivity contribution in [3.05, 3.63) is 28.5 Å². The van der Waals surface area contributed by atoms with E-state index < -0.39 is 0 Å². The van der Waals surface area contributed by atoms with E-state index in [1.54, 1.807) is 0 Å². The lowest BCUT2D eigenvalue weighted by atomic mass is 10.3. The highest BCUT2D eigenvalue weighted by Gasteiger charge is 1.91. The summed E-state index contributed by atoms with van der Waals surface area (Å²) in [7, 11) is 0. The minimum Gasteiger partial charge on any atom is -0.260 e. The Bertz CT molecular complexity index is 197. The number of aromatic nitrogens is 1. The summed E-state index contributed by atoms with van der Waals surface area (Å²) in [5.41, 5.74) is 1.16. The number of alkyl halides is 1. The van der Waals surface area contributed by atoms with Gasteiger partial charge in [0, 0.05) is 20.8 Å². The molecule has 1 heterocycles. The van der Waals surface area contributed by atoms with Crippen LogP contribution in [0.4, 0.5) is 0 Å². The van der Waals surface area contributed by atoms with Gasteiger partial charge in [-0.25, -0.2) is 0 Å². The van der Waals surface area contributed by atoms with Crippen molar-refractivity contribution < 1.29 is 0 Å². The van der Waals surface area contributed by atoms with E-state index in [-0.39, 0.29) is 0 Å². The van der Waals surface area contributed by atoms with Crippen molar-refractivity contribution >= 4 is 38.5 Å². The molecule has 0 aliphatic carbocycles. The minimum absolute atomic E-state index is 1.05. The van der Waals surface area contributed by atoms with Gasteiger partial charge < -0.3 is 0 Å². The third-order valence-electron chi connectivity index (χ3n) is 1.14. The fraction of sp³-hybridized carbons (Fsp3) is 0.286. The van der Waals surface area contributed by atoms with Crippen molar-refractivity contribution in [3.8, 4) is 0 Å². The Balaban J connectivity index is 2.69. The first kappa shape index (κ1) is 8.46. The molecule has 0 bridgehead atoms. The average molecular weight is 312 g/mol. The van der Waals surface area contributed by atoms with Crippen LogP contribution in [-0.2, 0) is 6.42 Å². The summed E-state index contributed by atoms with van der Waals surface area (Å²) in [6.07, 6.45) is 2.90. The van der Waals surface area contributed by atoms with Crippen molar-refractivity contribution in [2.45, 2.75) is 6.42 Å². The molecule has 0 spiro atoms. The number of nitrogens with zero attached hydrogens (tertiary/aromatic N) is 1. The highest BCUT2D eigenvalue weighted by atomic mass is 127. The maximum atomic E-state index is 4.22. The van der Waals surface area contributed by atoms with Crippen LogP contribution in [0.2, 0.25) is 0 Å². The maximum Gasteiger partial charge on any atom is 0.0413 e. The number of hydrogen-bond acceptors (Lipinski definition) is 1. The average Bonchev–Trinajstić information content (AvgIpc) is 1.95. The molecule has 0 amide bonds. The first-order chi connectivity index (χ1) is 4.83. The Morgan fingerprint density at radius 3 is 2.80 bits per heavy atom. The second kappa shape index (κ2) is 4.28. The van der Waals surface area contributed by atoms with Crippen LogP contribution in [0.1, 0.15) is 5.69 Å². The Labute approximate surface area is 82.5 Å². The Hall–Kier alpha value is 0.360. The lowest BCUT2D eigenvalue weighted by Gasteiger charge is -1.94. The molecule has 1 nitrogen and oxygen atoms in total. The zero-order valence-corrected chi connectivity index (χ0v) is 9.09. The molecule has 0 saturated carbocycles. The van der Waals surface area contributed by atoms with E-state index in [4.69, 9.17) is 0 Å². The molecule has 3 heteroatoms. The summed E-state index contributed by atoms with van der Waals surface area (Å²) in [6, 6.07) is 4.07. The lowest BCUT2D eigenvalue weighted by molar-refractivity contribution is 1.05. The van der Waals surface area contributed by atoms with Gasteiger partial charge in [-0.05, 0) is 34.5 Å². The van der Waals surface area contributed by atoms with Gasteiger partial charge in [0.15, 0.2) is 0 Å². The molecule has 0 radical (unpaired) electrons. The predicted molar refractivity (Wildman–Crippen MR) is 54.5 cm³/mol. The van der Waals surface area contributed by atoms with Crippen LogP contribution in [0.25, 0.3) is 0 Å². The third kappa shape index (κ3) is 2.54. The van der Waals surface area contributed by atoms with Crippen molar-refractivity contribution in [2.75, 3.05) is 4.43 Å². The first-order valence-corrected chi connectivity index (χ1v) is 5.31. The molecule has 0 atom stereocenters. The zero-order chi connectivity index (χ0) is 7.40. The smallest absolute Gasteiger partial charge is 0.0413 e. The lowest BCUT2D eigenvalue weighted by Crippen LogP contribution is -1.88. The van der Waals surface area contributed by atoms with Gasteiger partial charge in [0.1, 0.15) is 0 Å². The molecule has 0 aromatic carbocycles. The number of aryl methyl sites for hydroxylation is 1. The molecule has 0 saturated heterocycles. The molecule has 54 valence electrons. The standard InChI is InChI=1S/C7H7BrIN/c8-6-1-2-7(3-4-9)10-5-6/h1-2,5H,3-4H2. The summed E-state index contributed by atoms with van der Waals surface area (Å²) < 4.78 is 2.18. The van der Waals surface area contributed by atoms with E-state index >= 15 is 0 Å². The minimum atomic E-state index is 1.05. The SMILES string of the molecule is Brc1ccc(CCI)nc1. The monoisotopic (exact) mass is 311 g/mol. The topological polar surface area (TPSA) is 12.9 Å². The zero-order valence-electron chi connectivity index (χ0n) is 5.35. The molecule has 0 fully saturated rings. The molecule has 0 N–H and O–H groups in total. The van der Waals surface area contributed by atoms with E-state index in [0.717, 1.165) is 21.0 Å². The molecular weight excluding hydrogens is 305 g/mol. The van der Waals surface area contributed by atoms with Gasteiger partial charge in [-0.1, -0.05) is 22.6 Å². The number of halogens is 2. The van der Waals surface area contributed by atoms with E-state index in [9.17, 15) is 0 Å². The highest BCUT2D eigenvalue weighted by Crippen LogP contribution is 2.07. The summed E-state index contributed by atoms with van der Waals surface area (Å²) in [4.78, 5) is 4.22. The van der Waals surface area contributed by atoms with Gasteiger partial charge in [-0.3, -0.25) is 4.98 Å². The van der Waals surface area contributed by atoms with Crippen molar-refractivity contribution in [3.63, 3.8) is 0 Å². The number of pyridine rings is 1. The van der Waals surface area contributed by atoms with Gasteiger partial charge in [-0.2, -0.15) is 0 Å². The molecule has 1 aromatic rings. The summed E-state index contributed by atoms with van der Waals surface area (Å²) in [5.74, 6) is 0. The molecule has 1 rings (SSSR count). The van der Waals surface area contributed by atoms with Gasteiger partial charge >= 0.3 is 0 Å². The van der Waals surface area contributed by atoms with Crippen LogP contribution in [-0.4, -0.2) is 9.41 Å². The van der Waals surface area contributed by atoms with E-state index in [1.807, 2.05) is 18.3 Å². The predicted octanol–water partition coefficient (Wildman–Crippen LogP) is 2.82. The normalized spacial score (nSPS) is 9.80. The van der Waals surface area contributed by atoms with Gasteiger partial charge in [0.25, 0.3) is 0 Å². The molecule has 0 aliphatic heterocycles. The van der Waals surface area contributed by atoms with Crippen LogP contribution < -0.4 is 0 Å². The van der Waals surface area contributed by atoms with Crippen LogP contribution in [0.3, 0.4) is 0 Å². The maximum absolute atomic E-state index is 4.22. The van der Waals surface area contributed by atoms with Crippen LogP contribution in [0.5, 0.6) is 0 Å². The summed E-state index contributed by atoms with van der Waals surface area (Å²) in [6.45, 7) is 0. The molecule has 10 heavy (non-hydrogen) atoms. The van der Waals surface area contributed by atoms with Crippen LogP contribution in [0.15, 0.2) is 22.8 Å². The highest BCUT2D eigenvalue weighted by molar-refractivity contribution is 14.1. The second-order valence-electron chi connectivity index (χ2n) is 1.91. The first-order valence-electron chi connectivity index (χ1n) is 2.99. The second-order valence-corrected chi connectivity index (χ2v) is 3.90. The van der Waals surface area contributed by atoms with Gasteiger partial charge in [0.05, 0.1) is 0 Å². The third-order valence-corrected chi connectivity index (χ3v) is 2.15. The quantitative estimate of drug-likeness (QED) is 0.604. The molecular formula is C7H7BrIN. The van der Waals surface area contributed by atoms with E-state index in [0.29, 0.717) is 0 Å². The molecule has 0 unspecified atom stereocenters. The Kier molecular flexibility index (Phi) is 3.62. The van der Waals surface area contributed by atoms with Gasteiger partial charge in [-0.15, -0.1) is 0 Å². The molecule has 0 aliphatic rings. The van der Waals surface area contributed by atoms with Crippen molar-refractivity contribution in [2.24, 2.45) is 0 Å². The van der Waals surface area contributed by atoms with Crippen LogP contribution >= 0.6 is 38.5 Å². The molecule has 1 aromatic heterocycles. The van der Waals surface area contributed by atoms with E-state index in [2.05, 4.69) is 43.5 Å². The fourth-order valence-electron chi connectivity index (χ4n) is 0.651. The number of rotatable bonds is 2. The summed E-state index contributed by atoms with van der Waals surface area (Å²) >= 11 is 5.68. The van der Waals surface area contributed by atoms with Crippen molar-refractivity contribution in [1.29, 1.82) is 0 Å². The Morgan fingerprint density at radius 1 is 1.50 bits per heavy atom. The van der Waals surface area contributed by atoms with Crippen molar-refractivity contribution in [1.82, 2.24) is 4.98 Å². The summed E-state index contributed by atoms with van der Waals surface area (Å²) in [5, 5.41) is 0. The van der Waals surface area contributed by atoms with Gasteiger partial charge in [0.2, 0.25) is 0 Å². The fourth-order valence-corrected chi connectivity index (χ4v) is 1.44.